The summed E-state index contributed by atoms with van der Waals surface area (Å²) < 4.78 is 10.9. The van der Waals surface area contributed by atoms with Gasteiger partial charge in [0.25, 0.3) is 5.91 Å². The van der Waals surface area contributed by atoms with Gasteiger partial charge in [-0.3, -0.25) is 4.79 Å². The molecule has 0 radical (unpaired) electrons. The number of nitrogen functional groups attached to an aromatic ring is 1. The van der Waals surface area contributed by atoms with Crippen molar-refractivity contribution in [3.63, 3.8) is 0 Å². The summed E-state index contributed by atoms with van der Waals surface area (Å²) in [5.41, 5.74) is 6.78. The van der Waals surface area contributed by atoms with Gasteiger partial charge in [0.2, 0.25) is 0 Å². The van der Waals surface area contributed by atoms with Crippen LogP contribution < -0.4 is 15.8 Å². The van der Waals surface area contributed by atoms with Gasteiger partial charge in [-0.1, -0.05) is 6.07 Å². The number of hydrogen-bond acceptors (Lipinski definition) is 4. The monoisotopic (exact) mass is 264 g/mol. The zero-order valence-electron chi connectivity index (χ0n) is 11.1. The lowest BCUT2D eigenvalue weighted by Crippen LogP contribution is -2.32. The highest BCUT2D eigenvalue weighted by atomic mass is 16.5. The minimum atomic E-state index is -0.175. The maximum atomic E-state index is 12.1. The van der Waals surface area contributed by atoms with E-state index in [1.165, 1.54) is 0 Å². The number of nitrogens with one attached hydrogen (secondary N) is 1. The van der Waals surface area contributed by atoms with Crippen LogP contribution in [0.3, 0.4) is 0 Å². The van der Waals surface area contributed by atoms with Crippen LogP contribution in [0.25, 0.3) is 0 Å². The van der Waals surface area contributed by atoms with Crippen molar-refractivity contribution >= 4 is 11.6 Å². The van der Waals surface area contributed by atoms with Gasteiger partial charge in [-0.25, -0.2) is 0 Å². The number of carbonyl (C=O) groups is 1. The van der Waals surface area contributed by atoms with E-state index in [1.807, 2.05) is 6.92 Å². The Bertz CT molecular complexity index is 442. The molecule has 0 saturated carbocycles. The van der Waals surface area contributed by atoms with E-state index < -0.39 is 0 Å². The quantitative estimate of drug-likeness (QED) is 0.792. The van der Waals surface area contributed by atoms with Crippen molar-refractivity contribution in [2.45, 2.75) is 25.9 Å². The summed E-state index contributed by atoms with van der Waals surface area (Å²) in [5, 5.41) is 2.87. The second-order valence-corrected chi connectivity index (χ2v) is 4.50. The number of rotatable bonds is 5. The average Bonchev–Trinajstić information content (AvgIpc) is 2.92. The first-order valence-electron chi connectivity index (χ1n) is 6.63. The van der Waals surface area contributed by atoms with Gasteiger partial charge in [-0.2, -0.15) is 0 Å². The normalized spacial score (nSPS) is 18.3. The van der Waals surface area contributed by atoms with Crippen molar-refractivity contribution in [3.05, 3.63) is 23.8 Å². The molecule has 1 aromatic carbocycles. The van der Waals surface area contributed by atoms with Gasteiger partial charge in [0.1, 0.15) is 0 Å². The molecule has 1 saturated heterocycles. The second kappa shape index (κ2) is 6.43. The topological polar surface area (TPSA) is 73.6 Å². The lowest BCUT2D eigenvalue weighted by atomic mass is 10.1. The zero-order chi connectivity index (χ0) is 13.7. The smallest absolute Gasteiger partial charge is 0.255 e. The van der Waals surface area contributed by atoms with Gasteiger partial charge in [0.05, 0.1) is 24.0 Å². The molecular weight excluding hydrogens is 244 g/mol. The van der Waals surface area contributed by atoms with E-state index in [0.717, 1.165) is 19.4 Å². The number of benzene rings is 1. The summed E-state index contributed by atoms with van der Waals surface area (Å²) in [4.78, 5) is 12.1. The molecule has 0 aromatic heterocycles. The third kappa shape index (κ3) is 3.38. The number of nitrogens with two attached hydrogens (primary N) is 1. The van der Waals surface area contributed by atoms with Crippen molar-refractivity contribution in [1.82, 2.24) is 5.32 Å². The van der Waals surface area contributed by atoms with Gasteiger partial charge in [0, 0.05) is 13.2 Å². The predicted octanol–water partition coefficient (Wildman–Crippen LogP) is 1.58. The van der Waals surface area contributed by atoms with E-state index in [2.05, 4.69) is 5.32 Å². The standard InChI is InChI=1S/C14H20N2O3/c1-2-18-13-11(6-3-7-12(13)15)14(17)16-9-10-5-4-8-19-10/h3,6-7,10H,2,4-5,8-9,15H2,1H3,(H,16,17). The molecule has 1 aromatic rings. The number of anilines is 1. The van der Waals surface area contributed by atoms with Crippen molar-refractivity contribution in [3.8, 4) is 5.75 Å². The van der Waals surface area contributed by atoms with Crippen LogP contribution in [0.5, 0.6) is 5.75 Å². The molecule has 1 amide bonds. The number of ether oxygens (including phenoxy) is 2. The number of para-hydroxylation sites is 1. The summed E-state index contributed by atoms with van der Waals surface area (Å²) in [5.74, 6) is 0.279. The van der Waals surface area contributed by atoms with Gasteiger partial charge in [-0.15, -0.1) is 0 Å². The first-order valence-corrected chi connectivity index (χ1v) is 6.63. The van der Waals surface area contributed by atoms with Crippen LogP contribution >= 0.6 is 0 Å². The largest absolute Gasteiger partial charge is 0.491 e. The molecule has 3 N–H and O–H groups in total. The summed E-state index contributed by atoms with van der Waals surface area (Å²) >= 11 is 0. The molecular formula is C14H20N2O3. The van der Waals surface area contributed by atoms with Crippen molar-refractivity contribution < 1.29 is 14.3 Å². The Balaban J connectivity index is 2.03. The second-order valence-electron chi connectivity index (χ2n) is 4.50. The minimum absolute atomic E-state index is 0.126. The Morgan fingerprint density at radius 3 is 3.11 bits per heavy atom. The van der Waals surface area contributed by atoms with Crippen molar-refractivity contribution in [1.29, 1.82) is 0 Å². The molecule has 1 aliphatic heterocycles. The molecule has 1 heterocycles. The van der Waals surface area contributed by atoms with Crippen molar-refractivity contribution in [2.24, 2.45) is 0 Å². The fourth-order valence-corrected chi connectivity index (χ4v) is 2.15. The van der Waals surface area contributed by atoms with E-state index in [1.54, 1.807) is 18.2 Å². The maximum absolute atomic E-state index is 12.1. The van der Waals surface area contributed by atoms with Crippen LogP contribution in [0, 0.1) is 0 Å². The fourth-order valence-electron chi connectivity index (χ4n) is 2.15. The third-order valence-corrected chi connectivity index (χ3v) is 3.09. The van der Waals surface area contributed by atoms with E-state index in [9.17, 15) is 4.79 Å². The highest BCUT2D eigenvalue weighted by Crippen LogP contribution is 2.26. The zero-order valence-corrected chi connectivity index (χ0v) is 11.1. The van der Waals surface area contributed by atoms with Crippen LogP contribution in [-0.2, 0) is 4.74 Å². The Morgan fingerprint density at radius 2 is 2.42 bits per heavy atom. The van der Waals surface area contributed by atoms with Gasteiger partial charge < -0.3 is 20.5 Å². The van der Waals surface area contributed by atoms with Crippen LogP contribution in [0.1, 0.15) is 30.1 Å². The van der Waals surface area contributed by atoms with Crippen molar-refractivity contribution in [2.75, 3.05) is 25.5 Å². The Morgan fingerprint density at radius 1 is 1.58 bits per heavy atom. The van der Waals surface area contributed by atoms with E-state index in [0.29, 0.717) is 30.2 Å². The maximum Gasteiger partial charge on any atom is 0.255 e. The Kier molecular flexibility index (Phi) is 4.63. The first kappa shape index (κ1) is 13.7. The Hall–Kier alpha value is -1.75. The molecule has 1 atom stereocenters. The molecule has 0 bridgehead atoms. The molecule has 2 rings (SSSR count). The Labute approximate surface area is 113 Å². The highest BCUT2D eigenvalue weighted by Gasteiger charge is 2.19. The summed E-state index contributed by atoms with van der Waals surface area (Å²) in [6, 6.07) is 5.19. The lowest BCUT2D eigenvalue weighted by Gasteiger charge is -2.14. The van der Waals surface area contributed by atoms with Crippen LogP contribution in [0.2, 0.25) is 0 Å². The minimum Gasteiger partial charge on any atom is -0.491 e. The molecule has 1 aliphatic rings. The van der Waals surface area contributed by atoms with Crippen LogP contribution in [-0.4, -0.2) is 31.8 Å². The predicted molar refractivity (Wildman–Crippen MR) is 73.3 cm³/mol. The van der Waals surface area contributed by atoms with Gasteiger partial charge in [0.15, 0.2) is 5.75 Å². The summed E-state index contributed by atoms with van der Waals surface area (Å²) in [6.07, 6.45) is 2.18. The van der Waals surface area contributed by atoms with E-state index >= 15 is 0 Å². The average molecular weight is 264 g/mol. The molecule has 5 nitrogen and oxygen atoms in total. The molecule has 5 heteroatoms. The molecule has 104 valence electrons. The van der Waals surface area contributed by atoms with Gasteiger partial charge >= 0.3 is 0 Å². The summed E-state index contributed by atoms with van der Waals surface area (Å²) in [6.45, 7) is 3.64. The number of hydrogen-bond donors (Lipinski definition) is 2. The molecule has 1 fully saturated rings. The van der Waals surface area contributed by atoms with Crippen LogP contribution in [0.4, 0.5) is 5.69 Å². The van der Waals surface area contributed by atoms with Crippen LogP contribution in [0.15, 0.2) is 18.2 Å². The molecule has 0 aliphatic carbocycles. The molecule has 0 spiro atoms. The third-order valence-electron chi connectivity index (χ3n) is 3.09. The lowest BCUT2D eigenvalue weighted by molar-refractivity contribution is 0.0855. The highest BCUT2D eigenvalue weighted by molar-refractivity contribution is 5.98. The SMILES string of the molecule is CCOc1c(N)cccc1C(=O)NCC1CCCO1. The van der Waals surface area contributed by atoms with E-state index in [4.69, 9.17) is 15.2 Å². The number of carbonyl (C=O) groups excluding carboxylic acids is 1. The molecule has 1 unspecified atom stereocenters. The van der Waals surface area contributed by atoms with E-state index in [-0.39, 0.29) is 12.0 Å². The van der Waals surface area contributed by atoms with Gasteiger partial charge in [-0.05, 0) is 31.9 Å². The molecule has 19 heavy (non-hydrogen) atoms. The number of amides is 1. The summed E-state index contributed by atoms with van der Waals surface area (Å²) in [7, 11) is 0. The first-order chi connectivity index (χ1) is 9.22. The fraction of sp³-hybridized carbons (Fsp3) is 0.500.